The van der Waals surface area contributed by atoms with Crippen LogP contribution < -0.4 is 16.0 Å². The van der Waals surface area contributed by atoms with Crippen LogP contribution in [0.15, 0.2) is 30.3 Å². The maximum Gasteiger partial charge on any atom is 0.236 e. The quantitative estimate of drug-likeness (QED) is 0.206. The Kier molecular flexibility index (Phi) is 16.3. The molecule has 2 rings (SSSR count). The van der Waals surface area contributed by atoms with Gasteiger partial charge in [0, 0.05) is 46.9 Å². The lowest BCUT2D eigenvalue weighted by atomic mass is 9.86. The number of nitrogens with one attached hydrogen (secondary N) is 3. The van der Waals surface area contributed by atoms with Crippen LogP contribution in [0.1, 0.15) is 59.4 Å². The Morgan fingerprint density at radius 3 is 2.27 bits per heavy atom. The molecule has 1 aliphatic rings. The molecule has 0 aliphatic carbocycles. The summed E-state index contributed by atoms with van der Waals surface area (Å²) in [5.74, 6) is -0.0125. The second-order valence-corrected chi connectivity index (χ2v) is 12.6. The molecule has 1 heterocycles. The first kappa shape index (κ1) is 37.7. The van der Waals surface area contributed by atoms with E-state index >= 15 is 0 Å². The molecule has 1 saturated heterocycles. The van der Waals surface area contributed by atoms with Crippen molar-refractivity contribution >= 4 is 17.7 Å². The molecule has 1 aliphatic heterocycles. The van der Waals surface area contributed by atoms with Gasteiger partial charge >= 0.3 is 0 Å². The van der Waals surface area contributed by atoms with Gasteiger partial charge in [-0.3, -0.25) is 14.4 Å². The molecular weight excluding hydrogens is 558 g/mol. The largest absolute Gasteiger partial charge is 0.379 e. The van der Waals surface area contributed by atoms with Crippen LogP contribution in [0.4, 0.5) is 0 Å². The number of hydrogen-bond acceptors (Lipinski definition) is 7. The molecule has 250 valence electrons. The lowest BCUT2D eigenvalue weighted by Crippen LogP contribution is -2.61. The first-order valence-corrected chi connectivity index (χ1v) is 16.3. The van der Waals surface area contributed by atoms with Crippen molar-refractivity contribution in [2.24, 2.45) is 17.8 Å². The lowest BCUT2D eigenvalue weighted by molar-refractivity contribution is -0.155. The van der Waals surface area contributed by atoms with Crippen molar-refractivity contribution in [1.29, 1.82) is 0 Å². The third-order valence-electron chi connectivity index (χ3n) is 9.44. The molecule has 0 aromatic heterocycles. The van der Waals surface area contributed by atoms with Gasteiger partial charge < -0.3 is 35.2 Å². The lowest BCUT2D eigenvalue weighted by Gasteiger charge is -2.47. The van der Waals surface area contributed by atoms with Gasteiger partial charge in [0.25, 0.3) is 0 Å². The molecule has 3 N–H and O–H groups in total. The minimum atomic E-state index is -0.465. The van der Waals surface area contributed by atoms with Crippen LogP contribution in [-0.2, 0) is 30.3 Å². The first-order valence-electron chi connectivity index (χ1n) is 16.3. The standard InChI is InChI=1S/C34H59N5O5/c1-10-24(4)32(38(7)31(41)22-36-21-27(35-6)23(2)3)29(43-8)20-30(40)39-19-17-28(39)33(44-9)25(5)34(42)37-18-16-26-14-12-11-13-15-26/h11-15,23-25,27-29,32-33,35-36H,10,16-22H2,1-9H3,(H,37,42). The highest BCUT2D eigenvalue weighted by atomic mass is 16.5. The average molecular weight is 618 g/mol. The molecule has 0 radical (unpaired) electrons. The Bertz CT molecular complexity index is 1010. The molecule has 7 unspecified atom stereocenters. The molecule has 3 amide bonds. The van der Waals surface area contributed by atoms with Crippen LogP contribution >= 0.6 is 0 Å². The van der Waals surface area contributed by atoms with Crippen molar-refractivity contribution in [3.8, 4) is 0 Å². The van der Waals surface area contributed by atoms with E-state index in [0.29, 0.717) is 25.6 Å². The zero-order valence-corrected chi connectivity index (χ0v) is 28.6. The monoisotopic (exact) mass is 617 g/mol. The average Bonchev–Trinajstić information content (AvgIpc) is 3.00. The van der Waals surface area contributed by atoms with Crippen LogP contribution in [0.3, 0.4) is 0 Å². The van der Waals surface area contributed by atoms with Gasteiger partial charge in [-0.2, -0.15) is 0 Å². The fraction of sp³-hybridized carbons (Fsp3) is 0.735. The van der Waals surface area contributed by atoms with Crippen molar-refractivity contribution in [3.05, 3.63) is 35.9 Å². The van der Waals surface area contributed by atoms with Crippen LogP contribution in [0.2, 0.25) is 0 Å². The third-order valence-corrected chi connectivity index (χ3v) is 9.44. The summed E-state index contributed by atoms with van der Waals surface area (Å²) >= 11 is 0. The molecule has 10 heteroatoms. The Morgan fingerprint density at radius 2 is 1.75 bits per heavy atom. The van der Waals surface area contributed by atoms with E-state index in [-0.39, 0.29) is 54.7 Å². The molecule has 10 nitrogen and oxygen atoms in total. The molecule has 44 heavy (non-hydrogen) atoms. The number of likely N-dealkylation sites (N-methyl/N-ethyl adjacent to an activating group) is 2. The van der Waals surface area contributed by atoms with E-state index in [9.17, 15) is 14.4 Å². The third kappa shape index (κ3) is 10.5. The van der Waals surface area contributed by atoms with E-state index in [1.54, 1.807) is 26.2 Å². The normalized spacial score (nSPS) is 19.0. The molecule has 1 fully saturated rings. The predicted molar refractivity (Wildman–Crippen MR) is 175 cm³/mol. The smallest absolute Gasteiger partial charge is 0.236 e. The second kappa shape index (κ2) is 19.1. The first-order chi connectivity index (χ1) is 21.0. The van der Waals surface area contributed by atoms with Crippen LogP contribution in [0.5, 0.6) is 0 Å². The van der Waals surface area contributed by atoms with Crippen molar-refractivity contribution < 1.29 is 23.9 Å². The van der Waals surface area contributed by atoms with Gasteiger partial charge in [0.05, 0.1) is 43.2 Å². The summed E-state index contributed by atoms with van der Waals surface area (Å²) < 4.78 is 11.7. The van der Waals surface area contributed by atoms with Gasteiger partial charge in [-0.15, -0.1) is 0 Å². The number of hydrogen-bond donors (Lipinski definition) is 3. The number of rotatable bonds is 20. The number of carbonyl (C=O) groups is 3. The molecule has 1 aromatic rings. The Hall–Kier alpha value is -2.53. The second-order valence-electron chi connectivity index (χ2n) is 12.6. The summed E-state index contributed by atoms with van der Waals surface area (Å²) in [6, 6.07) is 9.86. The van der Waals surface area contributed by atoms with Gasteiger partial charge in [0.2, 0.25) is 17.7 Å². The van der Waals surface area contributed by atoms with E-state index in [1.807, 2.05) is 49.2 Å². The SMILES string of the molecule is CCC(C)C(C(CC(=O)N1CCC1C(OC)C(C)C(=O)NCCc1ccccc1)OC)N(C)C(=O)CNCC(NC)C(C)C. The summed E-state index contributed by atoms with van der Waals surface area (Å²) in [6.07, 6.45) is 1.63. The minimum Gasteiger partial charge on any atom is -0.379 e. The molecule has 0 saturated carbocycles. The number of amides is 3. The Morgan fingerprint density at radius 1 is 1.07 bits per heavy atom. The number of nitrogens with zero attached hydrogens (tertiary/aromatic N) is 2. The maximum absolute atomic E-state index is 13.7. The summed E-state index contributed by atoms with van der Waals surface area (Å²) in [4.78, 5) is 43.5. The van der Waals surface area contributed by atoms with E-state index in [2.05, 4.69) is 43.6 Å². The number of carbonyl (C=O) groups excluding carboxylic acids is 3. The highest BCUT2D eigenvalue weighted by molar-refractivity contribution is 5.81. The molecule has 7 atom stereocenters. The van der Waals surface area contributed by atoms with E-state index in [1.165, 1.54) is 5.56 Å². The van der Waals surface area contributed by atoms with Crippen molar-refractivity contribution in [2.45, 2.75) is 90.6 Å². The van der Waals surface area contributed by atoms with Crippen molar-refractivity contribution in [1.82, 2.24) is 25.8 Å². The van der Waals surface area contributed by atoms with Gasteiger partial charge in [-0.05, 0) is 37.3 Å². The van der Waals surface area contributed by atoms with Crippen LogP contribution in [-0.4, -0.2) is 112 Å². The van der Waals surface area contributed by atoms with Crippen LogP contribution in [0.25, 0.3) is 0 Å². The zero-order chi connectivity index (χ0) is 32.8. The predicted octanol–water partition coefficient (Wildman–Crippen LogP) is 2.71. The highest BCUT2D eigenvalue weighted by Crippen LogP contribution is 2.30. The fourth-order valence-corrected chi connectivity index (χ4v) is 6.21. The molecular formula is C34H59N5O5. The Balaban J connectivity index is 2.01. The zero-order valence-electron chi connectivity index (χ0n) is 28.6. The van der Waals surface area contributed by atoms with E-state index in [4.69, 9.17) is 9.47 Å². The maximum atomic E-state index is 13.7. The summed E-state index contributed by atoms with van der Waals surface area (Å²) in [7, 11) is 6.95. The van der Waals surface area contributed by atoms with Crippen molar-refractivity contribution in [3.63, 3.8) is 0 Å². The van der Waals surface area contributed by atoms with Gasteiger partial charge in [-0.1, -0.05) is 71.4 Å². The van der Waals surface area contributed by atoms with Gasteiger partial charge in [-0.25, -0.2) is 0 Å². The molecule has 0 spiro atoms. The summed E-state index contributed by atoms with van der Waals surface area (Å²) in [5, 5.41) is 9.61. The van der Waals surface area contributed by atoms with Crippen LogP contribution in [0, 0.1) is 17.8 Å². The number of benzene rings is 1. The fourth-order valence-electron chi connectivity index (χ4n) is 6.21. The molecule has 1 aromatic carbocycles. The number of ether oxygens (including phenoxy) is 2. The van der Waals surface area contributed by atoms with E-state index in [0.717, 1.165) is 19.3 Å². The summed E-state index contributed by atoms with van der Waals surface area (Å²) in [6.45, 7) is 12.4. The topological polar surface area (TPSA) is 112 Å². The molecule has 0 bridgehead atoms. The number of likely N-dealkylation sites (tertiary alicyclic amines) is 1. The van der Waals surface area contributed by atoms with Crippen molar-refractivity contribution in [2.75, 3.05) is 54.5 Å². The van der Waals surface area contributed by atoms with Gasteiger partial charge in [0.1, 0.15) is 0 Å². The highest BCUT2D eigenvalue weighted by Gasteiger charge is 2.44. The Labute approximate surface area is 266 Å². The summed E-state index contributed by atoms with van der Waals surface area (Å²) in [5.41, 5.74) is 1.17. The van der Waals surface area contributed by atoms with Gasteiger partial charge in [0.15, 0.2) is 0 Å². The minimum absolute atomic E-state index is 0.0308. The van der Waals surface area contributed by atoms with E-state index < -0.39 is 18.1 Å². The number of methoxy groups -OCH3 is 2.